The molecule has 3 rings (SSSR count). The maximum absolute atomic E-state index is 10.7. The number of non-ortho nitro benzene ring substituents is 1. The minimum Gasteiger partial charge on any atom is -0.395 e. The highest BCUT2D eigenvalue weighted by Crippen LogP contribution is 2.15. The molecule has 5 heteroatoms. The molecule has 0 saturated heterocycles. The van der Waals surface area contributed by atoms with Crippen LogP contribution in [0.25, 0.3) is 0 Å². The van der Waals surface area contributed by atoms with Crippen molar-refractivity contribution in [3.63, 3.8) is 0 Å². The Kier molecular flexibility index (Phi) is 7.43. The predicted molar refractivity (Wildman–Crippen MR) is 123 cm³/mol. The SMILES string of the molecule is CCN(CCO)c1ccc(C#Cc2ccc(C#Cc3ccc([N+](=O)[O-])cc3)cc2)cc1. The lowest BCUT2D eigenvalue weighted by atomic mass is 10.1. The smallest absolute Gasteiger partial charge is 0.269 e. The molecule has 0 fully saturated rings. The predicted octanol–water partition coefficient (Wildman–Crippen LogP) is 4.21. The largest absolute Gasteiger partial charge is 0.395 e. The molecular formula is C26H22N2O3. The molecule has 1 N–H and O–H groups in total. The Balaban J connectivity index is 1.65. The molecule has 0 bridgehead atoms. The number of benzene rings is 3. The van der Waals surface area contributed by atoms with E-state index in [1.54, 1.807) is 12.1 Å². The Morgan fingerprint density at radius 2 is 1.16 bits per heavy atom. The summed E-state index contributed by atoms with van der Waals surface area (Å²) in [5, 5.41) is 19.8. The standard InChI is InChI=1S/C26H22N2O3/c1-2-27(19-20-29)25-15-11-23(12-16-25)9-7-21-3-5-22(6-4-21)8-10-24-13-17-26(18-14-24)28(30)31/h3-6,11-18,29H,2,19-20H2,1H3. The normalized spacial score (nSPS) is 9.74. The second-order valence-electron chi connectivity index (χ2n) is 6.73. The van der Waals surface area contributed by atoms with Gasteiger partial charge in [0.1, 0.15) is 0 Å². The Labute approximate surface area is 182 Å². The van der Waals surface area contributed by atoms with Crippen LogP contribution in [0.5, 0.6) is 0 Å². The van der Waals surface area contributed by atoms with E-state index in [4.69, 9.17) is 5.11 Å². The highest BCUT2D eigenvalue weighted by molar-refractivity contribution is 5.52. The molecule has 0 aliphatic rings. The first-order valence-corrected chi connectivity index (χ1v) is 9.93. The average Bonchev–Trinajstić information content (AvgIpc) is 2.81. The second kappa shape index (κ2) is 10.6. The molecular weight excluding hydrogens is 388 g/mol. The van der Waals surface area contributed by atoms with Gasteiger partial charge in [0.05, 0.1) is 11.5 Å². The zero-order valence-corrected chi connectivity index (χ0v) is 17.2. The number of nitrogens with zero attached hydrogens (tertiary/aromatic N) is 2. The molecule has 0 aromatic heterocycles. The van der Waals surface area contributed by atoms with Gasteiger partial charge in [-0.1, -0.05) is 23.7 Å². The third kappa shape index (κ3) is 6.21. The lowest BCUT2D eigenvalue weighted by molar-refractivity contribution is -0.384. The van der Waals surface area contributed by atoms with Crippen LogP contribution in [0.15, 0.2) is 72.8 Å². The molecule has 0 aliphatic carbocycles. The fourth-order valence-electron chi connectivity index (χ4n) is 2.94. The van der Waals surface area contributed by atoms with Gasteiger partial charge in [-0.25, -0.2) is 0 Å². The molecule has 3 aromatic carbocycles. The molecule has 5 nitrogen and oxygen atoms in total. The molecule has 0 spiro atoms. The summed E-state index contributed by atoms with van der Waals surface area (Å²) >= 11 is 0. The molecule has 0 saturated carbocycles. The van der Waals surface area contributed by atoms with E-state index in [1.807, 2.05) is 48.5 Å². The first-order chi connectivity index (χ1) is 15.1. The van der Waals surface area contributed by atoms with E-state index in [-0.39, 0.29) is 12.3 Å². The van der Waals surface area contributed by atoms with Crippen LogP contribution in [0.2, 0.25) is 0 Å². The van der Waals surface area contributed by atoms with Gasteiger partial charge in [0.25, 0.3) is 5.69 Å². The summed E-state index contributed by atoms with van der Waals surface area (Å²) in [6, 6.07) is 21.8. The minimum atomic E-state index is -0.428. The molecule has 3 aromatic rings. The Hall–Kier alpha value is -4.06. The van der Waals surface area contributed by atoms with Gasteiger partial charge in [0.15, 0.2) is 0 Å². The van der Waals surface area contributed by atoms with Crippen LogP contribution < -0.4 is 4.90 Å². The van der Waals surface area contributed by atoms with Crippen molar-refractivity contribution in [2.75, 3.05) is 24.6 Å². The van der Waals surface area contributed by atoms with Crippen LogP contribution in [0.4, 0.5) is 11.4 Å². The van der Waals surface area contributed by atoms with Crippen molar-refractivity contribution < 1.29 is 10.0 Å². The monoisotopic (exact) mass is 410 g/mol. The van der Waals surface area contributed by atoms with Crippen LogP contribution in [0.3, 0.4) is 0 Å². The summed E-state index contributed by atoms with van der Waals surface area (Å²) in [5.41, 5.74) is 4.50. The van der Waals surface area contributed by atoms with E-state index in [0.717, 1.165) is 34.5 Å². The highest BCUT2D eigenvalue weighted by atomic mass is 16.6. The summed E-state index contributed by atoms with van der Waals surface area (Å²) in [7, 11) is 0. The summed E-state index contributed by atoms with van der Waals surface area (Å²) in [6.45, 7) is 3.64. The van der Waals surface area contributed by atoms with Crippen LogP contribution >= 0.6 is 0 Å². The van der Waals surface area contributed by atoms with Gasteiger partial charge in [-0.15, -0.1) is 0 Å². The van der Waals surface area contributed by atoms with E-state index >= 15 is 0 Å². The number of likely N-dealkylation sites (N-methyl/N-ethyl adjacent to an activating group) is 1. The summed E-state index contributed by atoms with van der Waals surface area (Å²) < 4.78 is 0. The van der Waals surface area contributed by atoms with Crippen molar-refractivity contribution in [2.45, 2.75) is 6.92 Å². The molecule has 154 valence electrons. The lowest BCUT2D eigenvalue weighted by Crippen LogP contribution is -2.25. The average molecular weight is 410 g/mol. The zero-order chi connectivity index (χ0) is 22.1. The number of rotatable bonds is 5. The molecule has 0 amide bonds. The van der Waals surface area contributed by atoms with E-state index in [9.17, 15) is 10.1 Å². The van der Waals surface area contributed by atoms with Crippen molar-refractivity contribution in [2.24, 2.45) is 0 Å². The first kappa shape index (κ1) is 21.6. The van der Waals surface area contributed by atoms with Crippen LogP contribution in [0.1, 0.15) is 29.2 Å². The van der Waals surface area contributed by atoms with Crippen molar-refractivity contribution in [1.82, 2.24) is 0 Å². The van der Waals surface area contributed by atoms with Crippen LogP contribution in [-0.4, -0.2) is 29.7 Å². The van der Waals surface area contributed by atoms with Crippen molar-refractivity contribution in [1.29, 1.82) is 0 Å². The van der Waals surface area contributed by atoms with Gasteiger partial charge in [-0.2, -0.15) is 0 Å². The van der Waals surface area contributed by atoms with Gasteiger partial charge in [0.2, 0.25) is 0 Å². The van der Waals surface area contributed by atoms with Crippen molar-refractivity contribution >= 4 is 11.4 Å². The molecule has 0 atom stereocenters. The number of hydrogen-bond donors (Lipinski definition) is 1. The van der Waals surface area contributed by atoms with Crippen LogP contribution in [0, 0.1) is 33.8 Å². The van der Waals surface area contributed by atoms with E-state index in [2.05, 4.69) is 35.5 Å². The lowest BCUT2D eigenvalue weighted by Gasteiger charge is -2.21. The Morgan fingerprint density at radius 1 is 0.774 bits per heavy atom. The fraction of sp³-hybridized carbons (Fsp3) is 0.154. The molecule has 0 aliphatic heterocycles. The number of nitro benzene ring substituents is 1. The van der Waals surface area contributed by atoms with Crippen molar-refractivity contribution in [3.05, 3.63) is 105 Å². The number of aliphatic hydroxyl groups excluding tert-OH is 1. The minimum absolute atomic E-state index is 0.0518. The quantitative estimate of drug-likeness (QED) is 0.389. The number of hydrogen-bond acceptors (Lipinski definition) is 4. The zero-order valence-electron chi connectivity index (χ0n) is 17.2. The third-order valence-electron chi connectivity index (χ3n) is 4.65. The number of nitro groups is 1. The van der Waals surface area contributed by atoms with Gasteiger partial charge in [-0.05, 0) is 67.6 Å². The van der Waals surface area contributed by atoms with Crippen molar-refractivity contribution in [3.8, 4) is 23.7 Å². The Bertz CT molecular complexity index is 1140. The maximum Gasteiger partial charge on any atom is 0.269 e. The van der Waals surface area contributed by atoms with Gasteiger partial charge >= 0.3 is 0 Å². The second-order valence-corrected chi connectivity index (χ2v) is 6.73. The molecule has 0 heterocycles. The molecule has 31 heavy (non-hydrogen) atoms. The van der Waals surface area contributed by atoms with E-state index in [0.29, 0.717) is 6.54 Å². The van der Waals surface area contributed by atoms with Gasteiger partial charge in [0, 0.05) is 53.2 Å². The van der Waals surface area contributed by atoms with Crippen LogP contribution in [-0.2, 0) is 0 Å². The van der Waals surface area contributed by atoms with E-state index in [1.165, 1.54) is 12.1 Å². The van der Waals surface area contributed by atoms with E-state index < -0.39 is 4.92 Å². The molecule has 0 radical (unpaired) electrons. The number of anilines is 1. The van der Waals surface area contributed by atoms with Gasteiger partial charge in [-0.3, -0.25) is 10.1 Å². The topological polar surface area (TPSA) is 66.6 Å². The summed E-state index contributed by atoms with van der Waals surface area (Å²) in [6.07, 6.45) is 0. The molecule has 0 unspecified atom stereocenters. The summed E-state index contributed by atoms with van der Waals surface area (Å²) in [4.78, 5) is 12.4. The highest BCUT2D eigenvalue weighted by Gasteiger charge is 2.03. The maximum atomic E-state index is 10.7. The van der Waals surface area contributed by atoms with Gasteiger partial charge < -0.3 is 10.0 Å². The number of aliphatic hydroxyl groups is 1. The Morgan fingerprint density at radius 3 is 1.52 bits per heavy atom. The third-order valence-corrected chi connectivity index (χ3v) is 4.65. The first-order valence-electron chi connectivity index (χ1n) is 9.93. The fourth-order valence-corrected chi connectivity index (χ4v) is 2.94. The summed E-state index contributed by atoms with van der Waals surface area (Å²) in [5.74, 6) is 12.4.